The van der Waals surface area contributed by atoms with Crippen LogP contribution in [0.3, 0.4) is 0 Å². The summed E-state index contributed by atoms with van der Waals surface area (Å²) in [7, 11) is 0. The monoisotopic (exact) mass is 410 g/mol. The lowest BCUT2D eigenvalue weighted by atomic mass is 10.0. The smallest absolute Gasteiger partial charge is 0.225 e. The molecule has 5 rings (SSSR count). The van der Waals surface area contributed by atoms with Gasteiger partial charge in [-0.15, -0.1) is 0 Å². The van der Waals surface area contributed by atoms with Crippen molar-refractivity contribution < 1.29 is 4.52 Å². The Kier molecular flexibility index (Phi) is 4.71. The zero-order chi connectivity index (χ0) is 21.4. The number of aromatic nitrogens is 5. The summed E-state index contributed by atoms with van der Waals surface area (Å²) in [6, 6.07) is 18.4. The molecule has 0 aliphatic heterocycles. The van der Waals surface area contributed by atoms with Crippen LogP contribution in [0, 0.1) is 13.8 Å². The van der Waals surface area contributed by atoms with E-state index in [-0.39, 0.29) is 6.04 Å². The van der Waals surface area contributed by atoms with E-state index in [4.69, 9.17) is 9.51 Å². The van der Waals surface area contributed by atoms with E-state index in [9.17, 15) is 0 Å². The first kappa shape index (κ1) is 19.0. The SMILES string of the molecule is Cc1noc(C)c1-c1ccc2c(c1)ncn2-c1ccnc(NC(C)c2ccccc2)n1. The molecule has 5 aromatic rings. The van der Waals surface area contributed by atoms with Crippen LogP contribution in [0.4, 0.5) is 5.95 Å². The van der Waals surface area contributed by atoms with Crippen molar-refractivity contribution >= 4 is 17.0 Å². The molecule has 0 radical (unpaired) electrons. The Morgan fingerprint density at radius 2 is 1.84 bits per heavy atom. The molecular weight excluding hydrogens is 388 g/mol. The summed E-state index contributed by atoms with van der Waals surface area (Å²) < 4.78 is 7.28. The molecule has 1 unspecified atom stereocenters. The molecular formula is C24H22N6O. The fourth-order valence-electron chi connectivity index (χ4n) is 3.82. The highest BCUT2D eigenvalue weighted by Crippen LogP contribution is 2.30. The molecule has 31 heavy (non-hydrogen) atoms. The highest BCUT2D eigenvalue weighted by Gasteiger charge is 2.14. The summed E-state index contributed by atoms with van der Waals surface area (Å²) in [4.78, 5) is 13.7. The van der Waals surface area contributed by atoms with Crippen LogP contribution in [0.5, 0.6) is 0 Å². The van der Waals surface area contributed by atoms with Gasteiger partial charge in [0, 0.05) is 11.8 Å². The summed E-state index contributed by atoms with van der Waals surface area (Å²) >= 11 is 0. The molecule has 0 aliphatic carbocycles. The van der Waals surface area contributed by atoms with Crippen LogP contribution in [-0.4, -0.2) is 24.7 Å². The van der Waals surface area contributed by atoms with Crippen molar-refractivity contribution in [2.75, 3.05) is 5.32 Å². The van der Waals surface area contributed by atoms with E-state index in [0.717, 1.165) is 39.4 Å². The number of aryl methyl sites for hydroxylation is 2. The Hall–Kier alpha value is -4.00. The summed E-state index contributed by atoms with van der Waals surface area (Å²) in [5.41, 5.74) is 5.95. The van der Waals surface area contributed by atoms with Gasteiger partial charge >= 0.3 is 0 Å². The molecule has 3 heterocycles. The van der Waals surface area contributed by atoms with Crippen LogP contribution >= 0.6 is 0 Å². The van der Waals surface area contributed by atoms with Crippen molar-refractivity contribution in [1.82, 2.24) is 24.7 Å². The minimum Gasteiger partial charge on any atom is -0.361 e. The standard InChI is InChI=1S/C24H22N6O/c1-15(18-7-5-4-6-8-18)27-24-25-12-11-22(28-24)30-14-26-20-13-19(9-10-21(20)30)23-16(2)29-31-17(23)3/h4-15H,1-3H3,(H,25,27,28). The van der Waals surface area contributed by atoms with Gasteiger partial charge in [-0.25, -0.2) is 9.97 Å². The molecule has 0 amide bonds. The van der Waals surface area contributed by atoms with Gasteiger partial charge < -0.3 is 9.84 Å². The van der Waals surface area contributed by atoms with Gasteiger partial charge in [0.25, 0.3) is 0 Å². The molecule has 2 aromatic carbocycles. The molecule has 0 fully saturated rings. The predicted octanol–water partition coefficient (Wildman–Crippen LogP) is 5.26. The molecule has 154 valence electrons. The van der Waals surface area contributed by atoms with E-state index in [1.54, 1.807) is 12.5 Å². The first-order chi connectivity index (χ1) is 15.1. The second kappa shape index (κ2) is 7.68. The van der Waals surface area contributed by atoms with Crippen molar-refractivity contribution in [3.63, 3.8) is 0 Å². The lowest BCUT2D eigenvalue weighted by Crippen LogP contribution is -2.10. The topological polar surface area (TPSA) is 81.7 Å². The van der Waals surface area contributed by atoms with Crippen LogP contribution in [-0.2, 0) is 0 Å². The molecule has 7 nitrogen and oxygen atoms in total. The van der Waals surface area contributed by atoms with Crippen molar-refractivity contribution in [3.8, 4) is 16.9 Å². The molecule has 3 aromatic heterocycles. The largest absolute Gasteiger partial charge is 0.361 e. The second-order valence-corrected chi connectivity index (χ2v) is 7.53. The number of imidazole rings is 1. The number of rotatable bonds is 5. The molecule has 7 heteroatoms. The molecule has 1 atom stereocenters. The van der Waals surface area contributed by atoms with E-state index in [2.05, 4.69) is 51.6 Å². The summed E-state index contributed by atoms with van der Waals surface area (Å²) in [6.45, 7) is 5.96. The summed E-state index contributed by atoms with van der Waals surface area (Å²) in [6.07, 6.45) is 3.54. The van der Waals surface area contributed by atoms with Crippen LogP contribution in [0.25, 0.3) is 28.0 Å². The predicted molar refractivity (Wildman–Crippen MR) is 120 cm³/mol. The zero-order valence-electron chi connectivity index (χ0n) is 17.6. The van der Waals surface area contributed by atoms with E-state index in [1.807, 2.05) is 48.7 Å². The average Bonchev–Trinajstić information content (AvgIpc) is 3.36. The second-order valence-electron chi connectivity index (χ2n) is 7.53. The van der Waals surface area contributed by atoms with Gasteiger partial charge in [-0.2, -0.15) is 4.98 Å². The van der Waals surface area contributed by atoms with Crippen molar-refractivity contribution in [3.05, 3.63) is 84.1 Å². The number of fused-ring (bicyclic) bond motifs is 1. The molecule has 0 spiro atoms. The summed E-state index contributed by atoms with van der Waals surface area (Å²) in [5, 5.41) is 7.43. The van der Waals surface area contributed by atoms with E-state index < -0.39 is 0 Å². The van der Waals surface area contributed by atoms with Gasteiger partial charge in [0.05, 0.1) is 22.8 Å². The highest BCUT2D eigenvalue weighted by molar-refractivity contribution is 5.84. The maximum Gasteiger partial charge on any atom is 0.225 e. The van der Waals surface area contributed by atoms with Crippen molar-refractivity contribution in [2.24, 2.45) is 0 Å². The Bertz CT molecular complexity index is 1340. The quantitative estimate of drug-likeness (QED) is 0.426. The third-order valence-electron chi connectivity index (χ3n) is 5.40. The first-order valence-electron chi connectivity index (χ1n) is 10.2. The first-order valence-corrected chi connectivity index (χ1v) is 10.2. The van der Waals surface area contributed by atoms with Crippen LogP contribution < -0.4 is 5.32 Å². The number of nitrogens with zero attached hydrogens (tertiary/aromatic N) is 5. The number of hydrogen-bond donors (Lipinski definition) is 1. The normalized spacial score (nSPS) is 12.2. The minimum atomic E-state index is 0.0913. The highest BCUT2D eigenvalue weighted by atomic mass is 16.5. The lowest BCUT2D eigenvalue weighted by Gasteiger charge is -2.14. The third-order valence-corrected chi connectivity index (χ3v) is 5.40. The van der Waals surface area contributed by atoms with Crippen LogP contribution in [0.2, 0.25) is 0 Å². The van der Waals surface area contributed by atoms with Crippen molar-refractivity contribution in [2.45, 2.75) is 26.8 Å². The molecule has 0 saturated heterocycles. The maximum atomic E-state index is 5.31. The summed E-state index contributed by atoms with van der Waals surface area (Å²) in [5.74, 6) is 2.13. The molecule has 0 aliphatic rings. The van der Waals surface area contributed by atoms with Gasteiger partial charge in [-0.05, 0) is 50.1 Å². The van der Waals surface area contributed by atoms with Gasteiger partial charge in [0.15, 0.2) is 0 Å². The Morgan fingerprint density at radius 1 is 1.00 bits per heavy atom. The molecule has 0 bridgehead atoms. The Balaban J connectivity index is 1.47. The van der Waals surface area contributed by atoms with Crippen molar-refractivity contribution in [1.29, 1.82) is 0 Å². The van der Waals surface area contributed by atoms with Crippen LogP contribution in [0.1, 0.15) is 30.0 Å². The van der Waals surface area contributed by atoms with Gasteiger partial charge in [0.1, 0.15) is 17.9 Å². The van der Waals surface area contributed by atoms with E-state index in [0.29, 0.717) is 5.95 Å². The minimum absolute atomic E-state index is 0.0913. The lowest BCUT2D eigenvalue weighted by molar-refractivity contribution is 0.393. The molecule has 0 saturated carbocycles. The van der Waals surface area contributed by atoms with E-state index >= 15 is 0 Å². The van der Waals surface area contributed by atoms with E-state index in [1.165, 1.54) is 5.56 Å². The fraction of sp³-hybridized carbons (Fsp3) is 0.167. The Morgan fingerprint density at radius 3 is 2.61 bits per heavy atom. The number of benzene rings is 2. The Labute approximate surface area is 179 Å². The molecule has 1 N–H and O–H groups in total. The van der Waals surface area contributed by atoms with Crippen LogP contribution in [0.15, 0.2) is 71.6 Å². The van der Waals surface area contributed by atoms with Gasteiger partial charge in [-0.1, -0.05) is 41.6 Å². The fourth-order valence-corrected chi connectivity index (χ4v) is 3.82. The zero-order valence-corrected chi connectivity index (χ0v) is 17.6. The van der Waals surface area contributed by atoms with Gasteiger partial charge in [0.2, 0.25) is 5.95 Å². The maximum absolute atomic E-state index is 5.31. The number of nitrogens with one attached hydrogen (secondary N) is 1. The van der Waals surface area contributed by atoms with Gasteiger partial charge in [-0.3, -0.25) is 4.57 Å². The number of anilines is 1. The number of hydrogen-bond acceptors (Lipinski definition) is 6. The third kappa shape index (κ3) is 3.54. The average molecular weight is 410 g/mol.